The maximum Gasteiger partial charge on any atom is 0.256 e. The zero-order valence-electron chi connectivity index (χ0n) is 11.8. The van der Waals surface area contributed by atoms with E-state index in [2.05, 4.69) is 20.9 Å². The number of halogens is 1. The number of benzene rings is 1. The Kier molecular flexibility index (Phi) is 3.87. The van der Waals surface area contributed by atoms with Gasteiger partial charge in [0.15, 0.2) is 0 Å². The van der Waals surface area contributed by atoms with Gasteiger partial charge >= 0.3 is 0 Å². The van der Waals surface area contributed by atoms with Gasteiger partial charge in [-0.3, -0.25) is 4.79 Å². The monoisotopic (exact) mass is 362 g/mol. The number of nitrogens with one attached hydrogen (secondary N) is 1. The molecule has 2 aromatic heterocycles. The quantitative estimate of drug-likeness (QED) is 0.727. The van der Waals surface area contributed by atoms with E-state index in [1.165, 1.54) is 0 Å². The molecule has 1 aromatic carbocycles. The van der Waals surface area contributed by atoms with Gasteiger partial charge in [0.25, 0.3) is 5.91 Å². The number of hydrogen-bond donors (Lipinski definition) is 1. The minimum Gasteiger partial charge on any atom is -0.358 e. The summed E-state index contributed by atoms with van der Waals surface area (Å²) in [7, 11) is 1.84. The predicted octanol–water partition coefficient (Wildman–Crippen LogP) is 4.57. The Balaban J connectivity index is 1.91. The van der Waals surface area contributed by atoms with E-state index in [1.54, 1.807) is 16.2 Å². The standard InChI is InChI=1S/C16H15BrN2OS/c1-10-15(12-5-3-4-6-13(12)18-10)16(20)19(2)9-11-7-8-14(17)21-11/h3-8,18H,9H2,1-2H3. The normalized spacial score (nSPS) is 11.0. The van der Waals surface area contributed by atoms with E-state index in [0.717, 1.165) is 30.8 Å². The Bertz CT molecular complexity index is 806. The van der Waals surface area contributed by atoms with Crippen LogP contribution in [0.15, 0.2) is 40.2 Å². The number of thiophene rings is 1. The second-order valence-corrected chi connectivity index (χ2v) is 7.59. The van der Waals surface area contributed by atoms with Crippen molar-refractivity contribution in [3.63, 3.8) is 0 Å². The van der Waals surface area contributed by atoms with Crippen molar-refractivity contribution in [2.45, 2.75) is 13.5 Å². The van der Waals surface area contributed by atoms with Crippen molar-refractivity contribution in [3.05, 3.63) is 56.3 Å². The van der Waals surface area contributed by atoms with Crippen molar-refractivity contribution in [1.82, 2.24) is 9.88 Å². The number of para-hydroxylation sites is 1. The molecule has 1 N–H and O–H groups in total. The van der Waals surface area contributed by atoms with Crippen LogP contribution >= 0.6 is 27.3 Å². The zero-order valence-corrected chi connectivity index (χ0v) is 14.2. The van der Waals surface area contributed by atoms with E-state index >= 15 is 0 Å². The summed E-state index contributed by atoms with van der Waals surface area (Å²) in [6, 6.07) is 12.0. The molecular weight excluding hydrogens is 348 g/mol. The number of rotatable bonds is 3. The van der Waals surface area contributed by atoms with Crippen molar-refractivity contribution >= 4 is 44.1 Å². The van der Waals surface area contributed by atoms with Crippen molar-refractivity contribution in [1.29, 1.82) is 0 Å². The van der Waals surface area contributed by atoms with Crippen LogP contribution in [0, 0.1) is 6.92 Å². The molecule has 0 aliphatic carbocycles. The highest BCUT2D eigenvalue weighted by Crippen LogP contribution is 2.26. The molecule has 5 heteroatoms. The molecule has 3 nitrogen and oxygen atoms in total. The van der Waals surface area contributed by atoms with Crippen LogP contribution in [-0.2, 0) is 6.54 Å². The lowest BCUT2D eigenvalue weighted by atomic mass is 10.1. The SMILES string of the molecule is Cc1[nH]c2ccccc2c1C(=O)N(C)Cc1ccc(Br)s1. The number of H-pyrrole nitrogens is 1. The number of aromatic amines is 1. The minimum atomic E-state index is 0.0504. The number of fused-ring (bicyclic) bond motifs is 1. The third kappa shape index (κ3) is 2.76. The summed E-state index contributed by atoms with van der Waals surface area (Å²) in [5.41, 5.74) is 2.69. The Hall–Kier alpha value is -1.59. The first-order valence-electron chi connectivity index (χ1n) is 6.63. The highest BCUT2D eigenvalue weighted by molar-refractivity contribution is 9.11. The highest BCUT2D eigenvalue weighted by Gasteiger charge is 2.19. The van der Waals surface area contributed by atoms with E-state index < -0.39 is 0 Å². The Morgan fingerprint density at radius 1 is 1.29 bits per heavy atom. The molecular formula is C16H15BrN2OS. The van der Waals surface area contributed by atoms with Gasteiger partial charge in [-0.15, -0.1) is 11.3 Å². The summed E-state index contributed by atoms with van der Waals surface area (Å²) in [4.78, 5) is 19.0. The number of hydrogen-bond acceptors (Lipinski definition) is 2. The molecule has 3 rings (SSSR count). The Morgan fingerprint density at radius 2 is 2.05 bits per heavy atom. The van der Waals surface area contributed by atoms with Crippen LogP contribution in [0.4, 0.5) is 0 Å². The predicted molar refractivity (Wildman–Crippen MR) is 90.9 cm³/mol. The number of amides is 1. The first kappa shape index (κ1) is 14.4. The molecule has 0 spiro atoms. The zero-order chi connectivity index (χ0) is 15.0. The topological polar surface area (TPSA) is 36.1 Å². The third-order valence-corrected chi connectivity index (χ3v) is 5.08. The fraction of sp³-hybridized carbons (Fsp3) is 0.188. The van der Waals surface area contributed by atoms with Gasteiger partial charge in [-0.25, -0.2) is 0 Å². The molecule has 1 amide bonds. The molecule has 0 atom stereocenters. The summed E-state index contributed by atoms with van der Waals surface area (Å²) < 4.78 is 1.08. The minimum absolute atomic E-state index is 0.0504. The molecule has 108 valence electrons. The summed E-state index contributed by atoms with van der Waals surface area (Å²) in [6.07, 6.45) is 0. The molecule has 0 bridgehead atoms. The first-order chi connectivity index (χ1) is 10.1. The third-order valence-electron chi connectivity index (χ3n) is 3.48. The number of aryl methyl sites for hydroxylation is 1. The van der Waals surface area contributed by atoms with Gasteiger partial charge in [-0.1, -0.05) is 18.2 Å². The molecule has 21 heavy (non-hydrogen) atoms. The second kappa shape index (κ2) is 5.66. The van der Waals surface area contributed by atoms with Crippen LogP contribution in [0.2, 0.25) is 0 Å². The lowest BCUT2D eigenvalue weighted by Gasteiger charge is -2.16. The number of nitrogens with zero attached hydrogens (tertiary/aromatic N) is 1. The van der Waals surface area contributed by atoms with E-state index in [4.69, 9.17) is 0 Å². The van der Waals surface area contributed by atoms with E-state index in [1.807, 2.05) is 50.4 Å². The fourth-order valence-corrected chi connectivity index (χ4v) is 4.02. The van der Waals surface area contributed by atoms with E-state index in [9.17, 15) is 4.79 Å². The molecule has 0 unspecified atom stereocenters. The van der Waals surface area contributed by atoms with Crippen LogP contribution < -0.4 is 0 Å². The molecule has 0 saturated carbocycles. The first-order valence-corrected chi connectivity index (χ1v) is 8.24. The molecule has 0 radical (unpaired) electrons. The number of carbonyl (C=O) groups excluding carboxylic acids is 1. The lowest BCUT2D eigenvalue weighted by molar-refractivity contribution is 0.0787. The van der Waals surface area contributed by atoms with E-state index in [0.29, 0.717) is 6.54 Å². The van der Waals surface area contributed by atoms with Crippen LogP contribution in [0.5, 0.6) is 0 Å². The maximum atomic E-state index is 12.8. The molecule has 2 heterocycles. The summed E-state index contributed by atoms with van der Waals surface area (Å²) in [6.45, 7) is 2.57. The van der Waals surface area contributed by atoms with Gasteiger partial charge in [-0.2, -0.15) is 0 Å². The van der Waals surface area contributed by atoms with Gasteiger partial charge in [0.05, 0.1) is 15.9 Å². The molecule has 0 aliphatic rings. The maximum absolute atomic E-state index is 12.8. The van der Waals surface area contributed by atoms with Crippen molar-refractivity contribution < 1.29 is 4.79 Å². The fourth-order valence-electron chi connectivity index (χ4n) is 2.49. The van der Waals surface area contributed by atoms with Crippen molar-refractivity contribution in [3.8, 4) is 0 Å². The van der Waals surface area contributed by atoms with E-state index in [-0.39, 0.29) is 5.91 Å². The summed E-state index contributed by atoms with van der Waals surface area (Å²) >= 11 is 5.11. The molecule has 0 aliphatic heterocycles. The van der Waals surface area contributed by atoms with Gasteiger partial charge < -0.3 is 9.88 Å². The van der Waals surface area contributed by atoms with Crippen molar-refractivity contribution in [2.24, 2.45) is 0 Å². The molecule has 3 aromatic rings. The molecule has 0 fully saturated rings. The van der Waals surface area contributed by atoms with Gasteiger partial charge in [0.1, 0.15) is 0 Å². The van der Waals surface area contributed by atoms with Crippen LogP contribution in [0.25, 0.3) is 10.9 Å². The largest absolute Gasteiger partial charge is 0.358 e. The second-order valence-electron chi connectivity index (χ2n) is 5.04. The molecule has 0 saturated heterocycles. The Labute approximate surface area is 135 Å². The van der Waals surface area contributed by atoms with Crippen molar-refractivity contribution in [2.75, 3.05) is 7.05 Å². The smallest absolute Gasteiger partial charge is 0.256 e. The summed E-state index contributed by atoms with van der Waals surface area (Å²) in [5, 5.41) is 0.985. The van der Waals surface area contributed by atoms with Gasteiger partial charge in [-0.05, 0) is 41.1 Å². The lowest BCUT2D eigenvalue weighted by Crippen LogP contribution is -2.26. The average molecular weight is 363 g/mol. The number of carbonyl (C=O) groups is 1. The number of aromatic nitrogens is 1. The van der Waals surface area contributed by atoms with Crippen LogP contribution in [0.1, 0.15) is 20.9 Å². The Morgan fingerprint density at radius 3 is 2.76 bits per heavy atom. The van der Waals surface area contributed by atoms with Crippen LogP contribution in [-0.4, -0.2) is 22.8 Å². The average Bonchev–Trinajstić information content (AvgIpc) is 3.00. The summed E-state index contributed by atoms with van der Waals surface area (Å²) in [5.74, 6) is 0.0504. The highest BCUT2D eigenvalue weighted by atomic mass is 79.9. The van der Waals surface area contributed by atoms with Gasteiger partial charge in [0.2, 0.25) is 0 Å². The van der Waals surface area contributed by atoms with Gasteiger partial charge in [0, 0.05) is 28.5 Å². The van der Waals surface area contributed by atoms with Crippen LogP contribution in [0.3, 0.4) is 0 Å².